The molecule has 0 amide bonds. The van der Waals surface area contributed by atoms with Crippen molar-refractivity contribution in [2.45, 2.75) is 6.61 Å². The van der Waals surface area contributed by atoms with E-state index in [1.807, 2.05) is 0 Å². The van der Waals surface area contributed by atoms with Crippen LogP contribution in [0.4, 0.5) is 5.69 Å². The molecular weight excluding hydrogens is 298 g/mol. The Labute approximate surface area is 125 Å². The zero-order valence-corrected chi connectivity index (χ0v) is 11.8. The van der Waals surface area contributed by atoms with Gasteiger partial charge in [0.05, 0.1) is 24.7 Å². The van der Waals surface area contributed by atoms with Crippen molar-refractivity contribution >= 4 is 17.3 Å². The number of nitro benzene ring substituents is 1. The molecule has 110 valence electrons. The highest BCUT2D eigenvalue weighted by molar-refractivity contribution is 6.30. The molecule has 2 aromatic carbocycles. The summed E-state index contributed by atoms with van der Waals surface area (Å²) < 4.78 is 10.5. The minimum absolute atomic E-state index is 0.0396. The second kappa shape index (κ2) is 6.43. The van der Waals surface area contributed by atoms with Crippen molar-refractivity contribution in [2.75, 3.05) is 7.11 Å². The summed E-state index contributed by atoms with van der Waals surface area (Å²) in [5, 5.41) is 20.8. The van der Waals surface area contributed by atoms with E-state index in [0.29, 0.717) is 16.3 Å². The lowest BCUT2D eigenvalue weighted by molar-refractivity contribution is -0.385. The van der Waals surface area contributed by atoms with Gasteiger partial charge in [0, 0.05) is 10.6 Å². The second-order valence-electron chi connectivity index (χ2n) is 4.10. The molecule has 0 unspecified atom stereocenters. The molecule has 0 spiro atoms. The molecule has 1 N–H and O–H groups in total. The van der Waals surface area contributed by atoms with Gasteiger partial charge in [-0.1, -0.05) is 17.7 Å². The molecule has 7 heteroatoms. The van der Waals surface area contributed by atoms with Gasteiger partial charge in [-0.25, -0.2) is 0 Å². The second-order valence-corrected chi connectivity index (χ2v) is 4.54. The minimum Gasteiger partial charge on any atom is -0.496 e. The van der Waals surface area contributed by atoms with Gasteiger partial charge >= 0.3 is 5.69 Å². The SMILES string of the molecule is COc1ccc(Oc2cc(Cl)ccc2CO)c([N+](=O)[O-])c1. The number of halogens is 1. The topological polar surface area (TPSA) is 81.8 Å². The molecule has 0 aliphatic rings. The summed E-state index contributed by atoms with van der Waals surface area (Å²) in [6, 6.07) is 8.92. The van der Waals surface area contributed by atoms with Crippen molar-refractivity contribution in [1.82, 2.24) is 0 Å². The van der Waals surface area contributed by atoms with E-state index in [1.165, 1.54) is 25.3 Å². The summed E-state index contributed by atoms with van der Waals surface area (Å²) in [7, 11) is 1.42. The van der Waals surface area contributed by atoms with Crippen LogP contribution in [0.25, 0.3) is 0 Å². The molecule has 0 saturated heterocycles. The van der Waals surface area contributed by atoms with Crippen LogP contribution in [0.1, 0.15) is 5.56 Å². The van der Waals surface area contributed by atoms with Gasteiger partial charge in [0.2, 0.25) is 5.75 Å². The number of hydrogen-bond acceptors (Lipinski definition) is 5. The zero-order valence-electron chi connectivity index (χ0n) is 11.1. The van der Waals surface area contributed by atoms with Crippen LogP contribution in [-0.4, -0.2) is 17.1 Å². The summed E-state index contributed by atoms with van der Waals surface area (Å²) in [5.74, 6) is 0.651. The van der Waals surface area contributed by atoms with Gasteiger partial charge in [-0.15, -0.1) is 0 Å². The first-order valence-corrected chi connectivity index (χ1v) is 6.32. The van der Waals surface area contributed by atoms with Crippen LogP contribution in [-0.2, 0) is 6.61 Å². The summed E-state index contributed by atoms with van der Waals surface area (Å²) in [4.78, 5) is 10.5. The molecule has 0 fully saturated rings. The molecule has 0 aromatic heterocycles. The first-order chi connectivity index (χ1) is 10.0. The first kappa shape index (κ1) is 15.1. The highest BCUT2D eigenvalue weighted by Crippen LogP contribution is 2.36. The van der Waals surface area contributed by atoms with Crippen molar-refractivity contribution in [3.8, 4) is 17.2 Å². The molecule has 0 aliphatic heterocycles. The maximum Gasteiger partial charge on any atom is 0.315 e. The summed E-state index contributed by atoms with van der Waals surface area (Å²) in [6.07, 6.45) is 0. The molecule has 6 nitrogen and oxygen atoms in total. The quantitative estimate of drug-likeness (QED) is 0.674. The standard InChI is InChI=1S/C14H12ClNO5/c1-20-11-4-5-13(12(7-11)16(18)19)21-14-6-10(15)3-2-9(14)8-17/h2-7,17H,8H2,1H3. The molecule has 0 bridgehead atoms. The van der Waals surface area contributed by atoms with E-state index in [2.05, 4.69) is 0 Å². The number of hydrogen-bond donors (Lipinski definition) is 1. The van der Waals surface area contributed by atoms with E-state index >= 15 is 0 Å². The van der Waals surface area contributed by atoms with Crippen LogP contribution < -0.4 is 9.47 Å². The van der Waals surface area contributed by atoms with Crippen molar-refractivity contribution in [1.29, 1.82) is 0 Å². The monoisotopic (exact) mass is 309 g/mol. The lowest BCUT2D eigenvalue weighted by Gasteiger charge is -2.11. The number of nitro groups is 1. The fraction of sp³-hybridized carbons (Fsp3) is 0.143. The molecule has 2 aromatic rings. The minimum atomic E-state index is -0.568. The van der Waals surface area contributed by atoms with E-state index in [0.717, 1.165) is 0 Å². The molecule has 0 saturated carbocycles. The molecule has 0 aliphatic carbocycles. The number of rotatable bonds is 5. The first-order valence-electron chi connectivity index (χ1n) is 5.94. The van der Waals surface area contributed by atoms with Crippen LogP contribution in [0.5, 0.6) is 17.2 Å². The Morgan fingerprint density at radius 3 is 2.62 bits per heavy atom. The average Bonchev–Trinajstić information content (AvgIpc) is 2.47. The Bertz CT molecular complexity index is 674. The summed E-state index contributed by atoms with van der Waals surface area (Å²) in [5.41, 5.74) is 0.239. The number of aliphatic hydroxyl groups excluding tert-OH is 1. The molecule has 21 heavy (non-hydrogen) atoms. The van der Waals surface area contributed by atoms with Crippen LogP contribution in [0.2, 0.25) is 5.02 Å². The van der Waals surface area contributed by atoms with Gasteiger partial charge in [-0.05, 0) is 24.3 Å². The van der Waals surface area contributed by atoms with E-state index in [-0.39, 0.29) is 23.8 Å². The fourth-order valence-corrected chi connectivity index (χ4v) is 1.89. The molecular formula is C14H12ClNO5. The molecule has 0 heterocycles. The third-order valence-corrected chi connectivity index (χ3v) is 3.02. The number of nitrogens with zero attached hydrogens (tertiary/aromatic N) is 1. The number of benzene rings is 2. The van der Waals surface area contributed by atoms with Gasteiger partial charge in [-0.3, -0.25) is 10.1 Å². The predicted molar refractivity (Wildman–Crippen MR) is 77.1 cm³/mol. The number of ether oxygens (including phenoxy) is 2. The van der Waals surface area contributed by atoms with E-state index in [9.17, 15) is 15.2 Å². The molecule has 2 rings (SSSR count). The average molecular weight is 310 g/mol. The maximum atomic E-state index is 11.1. The van der Waals surface area contributed by atoms with Gasteiger partial charge in [0.1, 0.15) is 11.5 Å². The van der Waals surface area contributed by atoms with Crippen LogP contribution in [0, 0.1) is 10.1 Å². The number of methoxy groups -OCH3 is 1. The highest BCUT2D eigenvalue weighted by Gasteiger charge is 2.18. The van der Waals surface area contributed by atoms with E-state index in [1.54, 1.807) is 18.2 Å². The lowest BCUT2D eigenvalue weighted by atomic mass is 10.2. The van der Waals surface area contributed by atoms with Gasteiger partial charge in [0.25, 0.3) is 0 Å². The van der Waals surface area contributed by atoms with E-state index in [4.69, 9.17) is 21.1 Å². The van der Waals surface area contributed by atoms with Crippen molar-refractivity contribution in [3.63, 3.8) is 0 Å². The van der Waals surface area contributed by atoms with Crippen molar-refractivity contribution in [3.05, 3.63) is 57.1 Å². The maximum absolute atomic E-state index is 11.1. The van der Waals surface area contributed by atoms with Crippen LogP contribution >= 0.6 is 11.6 Å². The van der Waals surface area contributed by atoms with E-state index < -0.39 is 4.92 Å². The largest absolute Gasteiger partial charge is 0.496 e. The highest BCUT2D eigenvalue weighted by atomic mass is 35.5. The smallest absolute Gasteiger partial charge is 0.315 e. The summed E-state index contributed by atoms with van der Waals surface area (Å²) >= 11 is 5.87. The van der Waals surface area contributed by atoms with Crippen molar-refractivity contribution < 1.29 is 19.5 Å². The van der Waals surface area contributed by atoms with Crippen molar-refractivity contribution in [2.24, 2.45) is 0 Å². The fourth-order valence-electron chi connectivity index (χ4n) is 1.73. The Kier molecular flexibility index (Phi) is 4.62. The zero-order chi connectivity index (χ0) is 15.4. The summed E-state index contributed by atoms with van der Waals surface area (Å²) in [6.45, 7) is -0.267. The van der Waals surface area contributed by atoms with Crippen LogP contribution in [0.15, 0.2) is 36.4 Å². The molecule has 0 atom stereocenters. The van der Waals surface area contributed by atoms with Gasteiger partial charge in [-0.2, -0.15) is 0 Å². The Morgan fingerprint density at radius 1 is 1.24 bits per heavy atom. The van der Waals surface area contributed by atoms with Gasteiger partial charge < -0.3 is 14.6 Å². The Morgan fingerprint density at radius 2 is 2.00 bits per heavy atom. The van der Waals surface area contributed by atoms with Gasteiger partial charge in [0.15, 0.2) is 0 Å². The Balaban J connectivity index is 2.44. The normalized spacial score (nSPS) is 10.2. The number of aliphatic hydroxyl groups is 1. The third-order valence-electron chi connectivity index (χ3n) is 2.78. The lowest BCUT2D eigenvalue weighted by Crippen LogP contribution is -1.97. The predicted octanol–water partition coefficient (Wildman–Crippen LogP) is 3.54. The van der Waals surface area contributed by atoms with Crippen LogP contribution in [0.3, 0.4) is 0 Å². The Hall–Kier alpha value is -2.31. The molecule has 0 radical (unpaired) electrons. The third kappa shape index (κ3) is 3.42.